The van der Waals surface area contributed by atoms with Gasteiger partial charge in [0.2, 0.25) is 5.91 Å². The summed E-state index contributed by atoms with van der Waals surface area (Å²) in [6, 6.07) is 9.24. The Kier molecular flexibility index (Phi) is 5.29. The van der Waals surface area contributed by atoms with E-state index in [-0.39, 0.29) is 5.91 Å². The van der Waals surface area contributed by atoms with E-state index in [1.807, 2.05) is 23.1 Å². The third-order valence-electron chi connectivity index (χ3n) is 4.50. The van der Waals surface area contributed by atoms with E-state index in [9.17, 15) is 4.79 Å². The van der Waals surface area contributed by atoms with E-state index in [1.165, 1.54) is 12.7 Å². The van der Waals surface area contributed by atoms with Crippen molar-refractivity contribution in [2.45, 2.75) is 0 Å². The number of rotatable bonds is 4. The highest BCUT2D eigenvalue weighted by Crippen LogP contribution is 2.16. The molecule has 9 heteroatoms. The van der Waals surface area contributed by atoms with Gasteiger partial charge in [0.1, 0.15) is 24.8 Å². The maximum atomic E-state index is 12.4. The number of carbonyl (C=O) groups is 1. The predicted molar refractivity (Wildman–Crippen MR) is 106 cm³/mol. The van der Waals surface area contributed by atoms with E-state index < -0.39 is 0 Å². The van der Waals surface area contributed by atoms with Gasteiger partial charge in [-0.2, -0.15) is 5.10 Å². The molecule has 8 nitrogen and oxygen atoms in total. The van der Waals surface area contributed by atoms with Gasteiger partial charge in [-0.25, -0.2) is 19.6 Å². The molecule has 2 aromatic heterocycles. The molecule has 1 fully saturated rings. The van der Waals surface area contributed by atoms with Crippen molar-refractivity contribution in [2.75, 3.05) is 31.1 Å². The molecule has 1 aliphatic rings. The Labute approximate surface area is 167 Å². The van der Waals surface area contributed by atoms with Crippen LogP contribution in [0.5, 0.6) is 0 Å². The van der Waals surface area contributed by atoms with Crippen molar-refractivity contribution in [2.24, 2.45) is 0 Å². The lowest BCUT2D eigenvalue weighted by atomic mass is 10.2. The molecule has 1 aromatic carbocycles. The van der Waals surface area contributed by atoms with Crippen LogP contribution in [0.25, 0.3) is 11.9 Å². The van der Waals surface area contributed by atoms with Crippen LogP contribution in [0.1, 0.15) is 5.56 Å². The van der Waals surface area contributed by atoms with E-state index in [0.29, 0.717) is 37.0 Å². The molecule has 0 aliphatic carbocycles. The lowest BCUT2D eigenvalue weighted by Crippen LogP contribution is -2.48. The average molecular weight is 396 g/mol. The van der Waals surface area contributed by atoms with E-state index in [0.717, 1.165) is 11.4 Å². The van der Waals surface area contributed by atoms with Gasteiger partial charge in [-0.05, 0) is 23.8 Å². The summed E-state index contributed by atoms with van der Waals surface area (Å²) in [6.45, 7) is 2.67. The molecule has 0 atom stereocenters. The number of aromatic nitrogens is 5. The van der Waals surface area contributed by atoms with Crippen molar-refractivity contribution in [3.05, 3.63) is 66.0 Å². The topological polar surface area (TPSA) is 80.0 Å². The smallest absolute Gasteiger partial charge is 0.246 e. The molecule has 0 saturated carbocycles. The third-order valence-corrected chi connectivity index (χ3v) is 4.75. The van der Waals surface area contributed by atoms with Crippen LogP contribution in [0, 0.1) is 0 Å². The van der Waals surface area contributed by atoms with Gasteiger partial charge in [0.25, 0.3) is 0 Å². The SMILES string of the molecule is O=C(/C=C/c1ccc(Cl)cc1)N1CCN(c2cc(-n3cncn3)ncn2)CC1. The van der Waals surface area contributed by atoms with Crippen LogP contribution in [0.2, 0.25) is 5.02 Å². The summed E-state index contributed by atoms with van der Waals surface area (Å²) in [5.41, 5.74) is 0.943. The molecule has 1 aliphatic heterocycles. The monoisotopic (exact) mass is 395 g/mol. The lowest BCUT2D eigenvalue weighted by Gasteiger charge is -2.34. The van der Waals surface area contributed by atoms with Gasteiger partial charge in [0.05, 0.1) is 0 Å². The quantitative estimate of drug-likeness (QED) is 0.629. The van der Waals surface area contributed by atoms with Crippen LogP contribution in [-0.4, -0.2) is 61.7 Å². The summed E-state index contributed by atoms with van der Waals surface area (Å²) in [4.78, 5) is 28.9. The van der Waals surface area contributed by atoms with E-state index in [4.69, 9.17) is 11.6 Å². The second-order valence-corrected chi connectivity index (χ2v) is 6.71. The highest BCUT2D eigenvalue weighted by molar-refractivity contribution is 6.30. The number of hydrogen-bond donors (Lipinski definition) is 0. The van der Waals surface area contributed by atoms with Crippen LogP contribution < -0.4 is 4.90 Å². The first-order valence-corrected chi connectivity index (χ1v) is 9.21. The average Bonchev–Trinajstić information content (AvgIpc) is 3.28. The highest BCUT2D eigenvalue weighted by Gasteiger charge is 2.21. The molecule has 1 amide bonds. The van der Waals surface area contributed by atoms with Gasteiger partial charge in [-0.3, -0.25) is 4.79 Å². The molecule has 3 aromatic rings. The molecule has 3 heterocycles. The van der Waals surface area contributed by atoms with Crippen molar-refractivity contribution in [3.8, 4) is 5.82 Å². The Balaban J connectivity index is 1.36. The number of piperazine rings is 1. The van der Waals surface area contributed by atoms with E-state index >= 15 is 0 Å². The number of halogens is 1. The van der Waals surface area contributed by atoms with E-state index in [2.05, 4.69) is 25.0 Å². The van der Waals surface area contributed by atoms with Crippen molar-refractivity contribution in [3.63, 3.8) is 0 Å². The van der Waals surface area contributed by atoms with Crippen LogP contribution in [0.15, 0.2) is 55.4 Å². The molecule has 142 valence electrons. The minimum absolute atomic E-state index is 0.000548. The number of carbonyl (C=O) groups excluding carboxylic acids is 1. The first-order chi connectivity index (χ1) is 13.7. The first-order valence-electron chi connectivity index (χ1n) is 8.83. The molecule has 0 bridgehead atoms. The molecule has 1 saturated heterocycles. The largest absolute Gasteiger partial charge is 0.353 e. The van der Waals surface area contributed by atoms with Crippen molar-refractivity contribution in [1.29, 1.82) is 0 Å². The zero-order chi connectivity index (χ0) is 19.3. The summed E-state index contributed by atoms with van der Waals surface area (Å²) >= 11 is 5.88. The molecular formula is C19H18ClN7O. The van der Waals surface area contributed by atoms with Crippen molar-refractivity contribution < 1.29 is 4.79 Å². The standard InChI is InChI=1S/C19H18ClN7O/c20-16-4-1-15(2-5-16)3-6-19(28)26-9-7-25(8-10-26)17-11-18(23-13-22-17)27-14-21-12-24-27/h1-6,11-14H,7-10H2/b6-3+. The number of benzene rings is 1. The molecule has 0 N–H and O–H groups in total. The Bertz CT molecular complexity index is 964. The Hall–Kier alpha value is -3.26. The van der Waals surface area contributed by atoms with Gasteiger partial charge >= 0.3 is 0 Å². The fourth-order valence-corrected chi connectivity index (χ4v) is 3.09. The number of nitrogens with zero attached hydrogens (tertiary/aromatic N) is 7. The molecule has 0 radical (unpaired) electrons. The third kappa shape index (κ3) is 4.17. The number of anilines is 1. The van der Waals surface area contributed by atoms with Gasteiger partial charge in [0, 0.05) is 43.3 Å². The lowest BCUT2D eigenvalue weighted by molar-refractivity contribution is -0.126. The maximum Gasteiger partial charge on any atom is 0.246 e. The van der Waals surface area contributed by atoms with Crippen molar-refractivity contribution >= 4 is 29.4 Å². The van der Waals surface area contributed by atoms with Crippen LogP contribution in [0.3, 0.4) is 0 Å². The zero-order valence-corrected chi connectivity index (χ0v) is 15.8. The molecular weight excluding hydrogens is 378 g/mol. The maximum absolute atomic E-state index is 12.4. The summed E-state index contributed by atoms with van der Waals surface area (Å²) in [5.74, 6) is 1.47. The van der Waals surface area contributed by atoms with Gasteiger partial charge < -0.3 is 9.80 Å². The molecule has 0 unspecified atom stereocenters. The normalized spacial score (nSPS) is 14.6. The molecule has 4 rings (SSSR count). The highest BCUT2D eigenvalue weighted by atomic mass is 35.5. The second-order valence-electron chi connectivity index (χ2n) is 6.27. The van der Waals surface area contributed by atoms with Gasteiger partial charge in [-0.1, -0.05) is 23.7 Å². The Morgan fingerprint density at radius 1 is 1.00 bits per heavy atom. The molecule has 28 heavy (non-hydrogen) atoms. The van der Waals surface area contributed by atoms with Crippen LogP contribution in [-0.2, 0) is 4.79 Å². The van der Waals surface area contributed by atoms with Crippen LogP contribution in [0.4, 0.5) is 5.82 Å². The van der Waals surface area contributed by atoms with Gasteiger partial charge in [-0.15, -0.1) is 0 Å². The summed E-state index contributed by atoms with van der Waals surface area (Å²) < 4.78 is 1.59. The fraction of sp³-hybridized carbons (Fsp3) is 0.211. The van der Waals surface area contributed by atoms with Gasteiger partial charge in [0.15, 0.2) is 5.82 Å². The Morgan fingerprint density at radius 3 is 2.46 bits per heavy atom. The van der Waals surface area contributed by atoms with Crippen LogP contribution >= 0.6 is 11.6 Å². The second kappa shape index (κ2) is 8.18. The van der Waals surface area contributed by atoms with Crippen molar-refractivity contribution in [1.82, 2.24) is 29.6 Å². The summed E-state index contributed by atoms with van der Waals surface area (Å²) in [7, 11) is 0. The molecule has 0 spiro atoms. The number of hydrogen-bond acceptors (Lipinski definition) is 6. The van der Waals surface area contributed by atoms with E-state index in [1.54, 1.807) is 35.3 Å². The summed E-state index contributed by atoms with van der Waals surface area (Å²) in [6.07, 6.45) is 7.98. The predicted octanol–water partition coefficient (Wildman–Crippen LogP) is 2.07. The Morgan fingerprint density at radius 2 is 1.75 bits per heavy atom. The fourth-order valence-electron chi connectivity index (χ4n) is 2.96. The first kappa shape index (κ1) is 18.1. The minimum Gasteiger partial charge on any atom is -0.353 e. The zero-order valence-electron chi connectivity index (χ0n) is 15.0. The number of amides is 1. The summed E-state index contributed by atoms with van der Waals surface area (Å²) in [5, 5.41) is 4.76. The minimum atomic E-state index is 0.000548.